The zero-order valence-electron chi connectivity index (χ0n) is 24.9. The third kappa shape index (κ3) is 5.61. The van der Waals surface area contributed by atoms with E-state index in [1.54, 1.807) is 11.4 Å². The molecule has 3 aliphatic rings. The molecule has 2 heterocycles. The number of ether oxygens (including phenoxy) is 2. The Hall–Kier alpha value is -3.15. The van der Waals surface area contributed by atoms with E-state index in [9.17, 15) is 52.8 Å². The third-order valence-corrected chi connectivity index (χ3v) is 13.2. The quantitative estimate of drug-likeness (QED) is 0.200. The molecule has 244 valence electrons. The number of aromatic hydroxyl groups is 2. The molecule has 2 aromatic rings. The molecule has 1 aromatic carbocycles. The molecule has 0 unspecified atom stereocenters. The van der Waals surface area contributed by atoms with Gasteiger partial charge in [0.1, 0.15) is 23.2 Å². The molecule has 1 amide bonds. The van der Waals surface area contributed by atoms with Crippen LogP contribution in [0, 0.1) is 0 Å². The average molecular weight is 672 g/mol. The molecule has 0 spiro atoms. The number of halogens is 3. The SMILES string of the molecule is CC(=O)[C@]1(O)Cc2c(O)c3c(c(O)c2[C@@H](O[C@H]2C[C@H](NC(=O)C(F)(F)F)[C@H](O)[C@H](C)O2)C1)C(=O)c1sc([Si](C)(C)C)cc1C3=O. The smallest absolute Gasteiger partial charge is 0.471 e. The molecule has 6 atom stereocenters. The number of ketones is 3. The van der Waals surface area contributed by atoms with Crippen LogP contribution in [0.2, 0.25) is 19.6 Å². The van der Waals surface area contributed by atoms with Gasteiger partial charge in [-0.2, -0.15) is 13.2 Å². The number of hydrogen-bond donors (Lipinski definition) is 5. The second-order valence-electron chi connectivity index (χ2n) is 12.8. The molecule has 5 N–H and O–H groups in total. The average Bonchev–Trinajstić information content (AvgIpc) is 3.38. The van der Waals surface area contributed by atoms with Crippen LogP contribution in [-0.4, -0.2) is 88.1 Å². The predicted octanol–water partition coefficient (Wildman–Crippen LogP) is 2.35. The van der Waals surface area contributed by atoms with Crippen LogP contribution in [0.25, 0.3) is 0 Å². The number of fused-ring (bicyclic) bond motifs is 3. The van der Waals surface area contributed by atoms with E-state index in [-0.39, 0.29) is 21.6 Å². The van der Waals surface area contributed by atoms with Gasteiger partial charge in [0.2, 0.25) is 5.78 Å². The number of alkyl halides is 3. The number of thiophene rings is 1. The van der Waals surface area contributed by atoms with Gasteiger partial charge < -0.3 is 35.2 Å². The normalized spacial score (nSPS) is 28.3. The zero-order valence-corrected chi connectivity index (χ0v) is 26.7. The molecule has 1 aliphatic heterocycles. The summed E-state index contributed by atoms with van der Waals surface area (Å²) in [6, 6.07) is 0.137. The van der Waals surface area contributed by atoms with E-state index in [1.165, 1.54) is 6.92 Å². The van der Waals surface area contributed by atoms with Crippen molar-refractivity contribution in [1.82, 2.24) is 5.32 Å². The summed E-state index contributed by atoms with van der Waals surface area (Å²) < 4.78 is 51.3. The largest absolute Gasteiger partial charge is 0.507 e. The van der Waals surface area contributed by atoms with Crippen molar-refractivity contribution in [3.05, 3.63) is 38.8 Å². The summed E-state index contributed by atoms with van der Waals surface area (Å²) in [6.45, 7) is 8.48. The number of amides is 1. The maximum absolute atomic E-state index is 13.8. The van der Waals surface area contributed by atoms with Crippen LogP contribution in [0.5, 0.6) is 11.5 Å². The van der Waals surface area contributed by atoms with Crippen molar-refractivity contribution in [2.75, 3.05) is 0 Å². The molecule has 0 radical (unpaired) electrons. The number of aliphatic hydroxyl groups excluding tert-OH is 1. The van der Waals surface area contributed by atoms with Gasteiger partial charge in [-0.25, -0.2) is 0 Å². The van der Waals surface area contributed by atoms with Crippen LogP contribution < -0.4 is 9.82 Å². The van der Waals surface area contributed by atoms with E-state index in [1.807, 2.05) is 19.6 Å². The van der Waals surface area contributed by atoms with Crippen molar-refractivity contribution in [3.63, 3.8) is 0 Å². The summed E-state index contributed by atoms with van der Waals surface area (Å²) in [4.78, 5) is 51.8. The van der Waals surface area contributed by atoms with E-state index in [0.717, 1.165) is 22.8 Å². The molecule has 2 aliphatic carbocycles. The van der Waals surface area contributed by atoms with Gasteiger partial charge in [-0.05, 0) is 24.4 Å². The highest BCUT2D eigenvalue weighted by Crippen LogP contribution is 2.52. The van der Waals surface area contributed by atoms with E-state index < -0.39 is 116 Å². The maximum Gasteiger partial charge on any atom is 0.471 e. The first-order chi connectivity index (χ1) is 20.7. The Balaban J connectivity index is 1.59. The van der Waals surface area contributed by atoms with Crippen molar-refractivity contribution >= 4 is 47.2 Å². The fourth-order valence-electron chi connectivity index (χ4n) is 5.98. The molecule has 45 heavy (non-hydrogen) atoms. The number of carbonyl (C=O) groups is 4. The zero-order chi connectivity index (χ0) is 33.5. The van der Waals surface area contributed by atoms with Crippen LogP contribution in [0.3, 0.4) is 0 Å². The lowest BCUT2D eigenvalue weighted by atomic mass is 9.73. The Bertz CT molecular complexity index is 1630. The van der Waals surface area contributed by atoms with Gasteiger partial charge in [0, 0.05) is 36.0 Å². The summed E-state index contributed by atoms with van der Waals surface area (Å²) in [5, 5.41) is 46.4. The molecule has 1 saturated heterocycles. The van der Waals surface area contributed by atoms with E-state index in [2.05, 4.69) is 0 Å². The standard InChI is InChI=1S/C29H32F3NO10SSi/c1-10-21(35)14(33-27(40)29(30,31)32)7-16(42-10)43-15-9-28(41,11(2)34)8-13-18(15)24(38)20-19(23(13)37)22(36)12-6-17(45(3,4)5)44-26(12)25(20)39/h6,10,14-16,21,35,37-38,41H,7-9H2,1-5H3,(H,33,40)/t10-,14-,15-,16-,21+,28-/m0/s1. The van der Waals surface area contributed by atoms with Crippen LogP contribution in [0.4, 0.5) is 13.2 Å². The highest BCUT2D eigenvalue weighted by Gasteiger charge is 2.50. The van der Waals surface area contributed by atoms with Crippen LogP contribution in [0.1, 0.15) is 75.1 Å². The minimum Gasteiger partial charge on any atom is -0.507 e. The van der Waals surface area contributed by atoms with Crippen LogP contribution in [-0.2, 0) is 25.5 Å². The highest BCUT2D eigenvalue weighted by molar-refractivity contribution is 7.28. The van der Waals surface area contributed by atoms with Gasteiger partial charge in [-0.15, -0.1) is 11.3 Å². The Morgan fingerprint density at radius 3 is 2.33 bits per heavy atom. The second kappa shape index (κ2) is 11.0. The molecule has 16 heteroatoms. The molecule has 0 bridgehead atoms. The monoisotopic (exact) mass is 671 g/mol. The molecular formula is C29H32F3NO10SSi. The Kier molecular flexibility index (Phi) is 8.11. The van der Waals surface area contributed by atoms with E-state index in [4.69, 9.17) is 9.47 Å². The lowest BCUT2D eigenvalue weighted by Gasteiger charge is -2.42. The van der Waals surface area contributed by atoms with Crippen molar-refractivity contribution < 1.29 is 62.2 Å². The second-order valence-corrected chi connectivity index (χ2v) is 19.2. The summed E-state index contributed by atoms with van der Waals surface area (Å²) in [5.41, 5.74) is -3.49. The number of Topliss-reactive ketones (excluding diaryl/α,β-unsaturated/α-hetero) is 1. The van der Waals surface area contributed by atoms with Crippen LogP contribution >= 0.6 is 11.3 Å². The summed E-state index contributed by atoms with van der Waals surface area (Å²) in [6.07, 6.45) is -12.5. The van der Waals surface area contributed by atoms with Crippen molar-refractivity contribution in [2.45, 2.75) is 95.2 Å². The summed E-state index contributed by atoms with van der Waals surface area (Å²) >= 11 is 1.13. The van der Waals surface area contributed by atoms with Gasteiger partial charge >= 0.3 is 12.1 Å². The number of aliphatic hydroxyl groups is 2. The Morgan fingerprint density at radius 1 is 1.13 bits per heavy atom. The van der Waals surface area contributed by atoms with Crippen molar-refractivity contribution in [3.8, 4) is 11.5 Å². The molecule has 11 nitrogen and oxygen atoms in total. The number of rotatable bonds is 5. The fraction of sp³-hybridized carbons (Fsp3) is 0.517. The third-order valence-electron chi connectivity index (χ3n) is 8.53. The molecule has 1 aromatic heterocycles. The van der Waals surface area contributed by atoms with Gasteiger partial charge in [0.05, 0.1) is 42.3 Å². The minimum atomic E-state index is -5.23. The first-order valence-corrected chi connectivity index (χ1v) is 18.4. The molecular weight excluding hydrogens is 639 g/mol. The van der Waals surface area contributed by atoms with Crippen LogP contribution in [0.15, 0.2) is 6.07 Å². The number of nitrogens with one attached hydrogen (secondary N) is 1. The van der Waals surface area contributed by atoms with Gasteiger partial charge in [-0.1, -0.05) is 19.6 Å². The number of carbonyl (C=O) groups excluding carboxylic acids is 4. The van der Waals surface area contributed by atoms with E-state index >= 15 is 0 Å². The predicted molar refractivity (Wildman–Crippen MR) is 155 cm³/mol. The number of phenolic OH excluding ortho intramolecular Hbond substituents is 2. The Labute approximate surface area is 260 Å². The lowest BCUT2D eigenvalue weighted by molar-refractivity contribution is -0.250. The first kappa shape index (κ1) is 33.2. The lowest BCUT2D eigenvalue weighted by Crippen LogP contribution is -2.57. The van der Waals surface area contributed by atoms with Crippen molar-refractivity contribution in [2.24, 2.45) is 0 Å². The summed E-state index contributed by atoms with van der Waals surface area (Å²) in [7, 11) is -1.99. The number of benzene rings is 1. The van der Waals surface area contributed by atoms with E-state index in [0.29, 0.717) is 0 Å². The first-order valence-electron chi connectivity index (χ1n) is 14.1. The number of hydrogen-bond acceptors (Lipinski definition) is 11. The number of phenols is 2. The Morgan fingerprint density at radius 2 is 1.76 bits per heavy atom. The van der Waals surface area contributed by atoms with Gasteiger partial charge in [-0.3, -0.25) is 19.2 Å². The highest BCUT2D eigenvalue weighted by atomic mass is 32.1. The molecule has 1 fully saturated rings. The molecule has 0 saturated carbocycles. The minimum absolute atomic E-state index is 0.0742. The van der Waals surface area contributed by atoms with Crippen molar-refractivity contribution in [1.29, 1.82) is 0 Å². The van der Waals surface area contributed by atoms with Gasteiger partial charge in [0.25, 0.3) is 0 Å². The molecule has 5 rings (SSSR count). The fourth-order valence-corrected chi connectivity index (χ4v) is 8.94. The summed E-state index contributed by atoms with van der Waals surface area (Å²) in [5.74, 6) is -5.91. The van der Waals surface area contributed by atoms with Gasteiger partial charge in [0.15, 0.2) is 17.9 Å². The maximum atomic E-state index is 13.8. The topological polar surface area (TPSA) is 180 Å².